The summed E-state index contributed by atoms with van der Waals surface area (Å²) in [5.74, 6) is -0.996. The lowest BCUT2D eigenvalue weighted by molar-refractivity contribution is -0.136. The molecule has 36 heavy (non-hydrogen) atoms. The summed E-state index contributed by atoms with van der Waals surface area (Å²) in [6.45, 7) is 8.25. The number of carboxylic acids is 1. The van der Waals surface area contributed by atoms with Gasteiger partial charge in [-0.25, -0.2) is 0 Å². The minimum atomic E-state index is -0.803. The lowest BCUT2D eigenvalue weighted by Crippen LogP contribution is -2.14. The van der Waals surface area contributed by atoms with Crippen molar-refractivity contribution in [2.24, 2.45) is 19.8 Å². The number of rotatable bonds is 6. The largest absolute Gasteiger partial charge is 0.481 e. The molecule has 0 aliphatic heterocycles. The topological polar surface area (TPSA) is 131 Å². The molecule has 0 unspecified atom stereocenters. The Morgan fingerprint density at radius 1 is 1.00 bits per heavy atom. The number of amides is 1. The Kier molecular flexibility index (Phi) is 19.6. The van der Waals surface area contributed by atoms with Crippen LogP contribution in [0.5, 0.6) is 0 Å². The molecule has 0 radical (unpaired) electrons. The fourth-order valence-corrected chi connectivity index (χ4v) is 2.67. The molecule has 3 rings (SSSR count). The van der Waals surface area contributed by atoms with E-state index in [2.05, 4.69) is 30.2 Å². The number of carboxylic acid groups (broad SMARTS) is 1. The number of carbonyl (C=O) groups is 3. The number of benzene rings is 1. The van der Waals surface area contributed by atoms with Crippen molar-refractivity contribution in [1.82, 2.24) is 9.13 Å². The van der Waals surface area contributed by atoms with Crippen molar-refractivity contribution in [3.05, 3.63) is 71.8 Å². The highest BCUT2D eigenvalue weighted by Crippen LogP contribution is 2.13. The average Bonchev–Trinajstić information content (AvgIpc) is 3.46. The molecule has 3 aromatic rings. The van der Waals surface area contributed by atoms with Crippen LogP contribution in [0.25, 0.3) is 0 Å². The van der Waals surface area contributed by atoms with E-state index < -0.39 is 5.97 Å². The molecular weight excluding hydrogens is 458 g/mol. The van der Waals surface area contributed by atoms with E-state index >= 15 is 0 Å². The Labute approximate surface area is 215 Å². The Hall–Kier alpha value is -3.85. The third-order valence-electron chi connectivity index (χ3n) is 4.17. The van der Waals surface area contributed by atoms with Crippen molar-refractivity contribution in [3.63, 3.8) is 0 Å². The first-order valence-corrected chi connectivity index (χ1v) is 11.9. The van der Waals surface area contributed by atoms with Crippen molar-refractivity contribution < 1.29 is 19.5 Å². The van der Waals surface area contributed by atoms with Gasteiger partial charge in [0.05, 0.1) is 17.8 Å². The van der Waals surface area contributed by atoms with Gasteiger partial charge in [0.2, 0.25) is 0 Å². The highest BCUT2D eigenvalue weighted by Gasteiger charge is 2.10. The number of anilines is 2. The van der Waals surface area contributed by atoms with Gasteiger partial charge in [0.1, 0.15) is 5.69 Å². The Bertz CT molecular complexity index is 1020. The van der Waals surface area contributed by atoms with Gasteiger partial charge in [-0.2, -0.15) is 0 Å². The van der Waals surface area contributed by atoms with Gasteiger partial charge >= 0.3 is 5.97 Å². The molecule has 0 aliphatic carbocycles. The van der Waals surface area contributed by atoms with E-state index in [0.717, 1.165) is 17.5 Å². The zero-order valence-electron chi connectivity index (χ0n) is 22.8. The van der Waals surface area contributed by atoms with Gasteiger partial charge in [0.25, 0.3) is 5.91 Å². The van der Waals surface area contributed by atoms with Crippen LogP contribution in [0.2, 0.25) is 0 Å². The number of aldehydes is 1. The van der Waals surface area contributed by atoms with E-state index in [1.54, 1.807) is 66.9 Å². The fourth-order valence-electron chi connectivity index (χ4n) is 2.67. The third kappa shape index (κ3) is 13.1. The van der Waals surface area contributed by atoms with Gasteiger partial charge in [-0.15, -0.1) is 0 Å². The van der Waals surface area contributed by atoms with Crippen LogP contribution in [-0.2, 0) is 25.3 Å². The van der Waals surface area contributed by atoms with Crippen LogP contribution < -0.4 is 16.4 Å². The lowest BCUT2D eigenvalue weighted by Gasteiger charge is -2.03. The molecule has 0 atom stereocenters. The molecule has 9 nitrogen and oxygen atoms in total. The molecule has 1 amide bonds. The van der Waals surface area contributed by atoms with Gasteiger partial charge < -0.3 is 30.6 Å². The molecule has 1 aromatic carbocycles. The molecule has 2 heterocycles. The van der Waals surface area contributed by atoms with Crippen LogP contribution in [0.4, 0.5) is 11.4 Å². The number of hydrogen-bond acceptors (Lipinski definition) is 5. The molecule has 0 aliphatic rings. The van der Waals surface area contributed by atoms with Crippen LogP contribution >= 0.6 is 0 Å². The molecule has 5 N–H and O–H groups in total. The van der Waals surface area contributed by atoms with Crippen LogP contribution in [0.15, 0.2) is 54.9 Å². The predicted octanol–water partition coefficient (Wildman–Crippen LogP) is 4.80. The van der Waals surface area contributed by atoms with Crippen LogP contribution in [-0.4, -0.2) is 46.5 Å². The first-order valence-electron chi connectivity index (χ1n) is 11.9. The molecule has 0 saturated carbocycles. The lowest BCUT2D eigenvalue weighted by atomic mass is 10.1. The van der Waals surface area contributed by atoms with E-state index in [9.17, 15) is 14.4 Å². The number of aliphatic carboxylic acids is 1. The van der Waals surface area contributed by atoms with E-state index in [-0.39, 0.29) is 12.3 Å². The summed E-state index contributed by atoms with van der Waals surface area (Å²) >= 11 is 0. The summed E-state index contributed by atoms with van der Waals surface area (Å²) in [5, 5.41) is 14.2. The summed E-state index contributed by atoms with van der Waals surface area (Å²) in [7, 11) is 6.86. The zero-order chi connectivity index (χ0) is 28.1. The van der Waals surface area contributed by atoms with Crippen molar-refractivity contribution in [2.45, 2.75) is 40.5 Å². The molecular formula is C27H43N5O4. The summed E-state index contributed by atoms with van der Waals surface area (Å²) in [4.78, 5) is 32.9. The Morgan fingerprint density at radius 3 is 2.06 bits per heavy atom. The highest BCUT2D eigenvalue weighted by molar-refractivity contribution is 6.03. The quantitative estimate of drug-likeness (QED) is 0.359. The second-order valence-corrected chi connectivity index (χ2v) is 7.07. The van der Waals surface area contributed by atoms with Crippen LogP contribution in [0, 0.1) is 0 Å². The standard InChI is InChI=1S/C12H13N3O2.C9H11NO2.C3H8.C2H6.CH5N/c1-14-5-3-4-11(14)12(17)13-9-6-10(8-16)15(2)7-9;1-10-8-4-2-3-7(5-8)6-9(11)12;1-3-2;2*1-2/h3-8H,1-2H3,(H,13,17);2-5,10H,6H2,1H3,(H,11,12);3H2,1-2H3;1-2H3;2H2,1H3. The minimum Gasteiger partial charge on any atom is -0.481 e. The highest BCUT2D eigenvalue weighted by atomic mass is 16.4. The number of aromatic nitrogens is 2. The summed E-state index contributed by atoms with van der Waals surface area (Å²) in [5.41, 5.74) is 7.96. The fraction of sp³-hybridized carbons (Fsp3) is 0.370. The van der Waals surface area contributed by atoms with Crippen molar-refractivity contribution in [1.29, 1.82) is 0 Å². The number of aryl methyl sites for hydroxylation is 2. The summed E-state index contributed by atoms with van der Waals surface area (Å²) in [6.07, 6.45) is 5.58. The van der Waals surface area contributed by atoms with Crippen molar-refractivity contribution in [3.8, 4) is 0 Å². The van der Waals surface area contributed by atoms with Crippen LogP contribution in [0.3, 0.4) is 0 Å². The van der Waals surface area contributed by atoms with Gasteiger partial charge in [-0.3, -0.25) is 14.4 Å². The molecule has 0 bridgehead atoms. The second-order valence-electron chi connectivity index (χ2n) is 7.07. The molecule has 9 heteroatoms. The number of nitrogens with zero attached hydrogens (tertiary/aromatic N) is 2. The zero-order valence-corrected chi connectivity index (χ0v) is 22.8. The van der Waals surface area contributed by atoms with E-state index in [4.69, 9.17) is 5.11 Å². The van der Waals surface area contributed by atoms with E-state index in [0.29, 0.717) is 17.1 Å². The normalized spacial score (nSPS) is 8.81. The van der Waals surface area contributed by atoms with Crippen molar-refractivity contribution in [2.75, 3.05) is 24.7 Å². The average molecular weight is 502 g/mol. The smallest absolute Gasteiger partial charge is 0.307 e. The predicted molar refractivity (Wildman–Crippen MR) is 149 cm³/mol. The van der Waals surface area contributed by atoms with Gasteiger partial charge in [0, 0.05) is 39.2 Å². The maximum Gasteiger partial charge on any atom is 0.307 e. The first kappa shape index (κ1) is 34.3. The van der Waals surface area contributed by atoms with Gasteiger partial charge in [0.15, 0.2) is 6.29 Å². The number of nitrogens with one attached hydrogen (secondary N) is 2. The molecule has 2 aromatic heterocycles. The number of nitrogens with two attached hydrogens (primary N) is 1. The van der Waals surface area contributed by atoms with Gasteiger partial charge in [-0.05, 0) is 42.9 Å². The molecule has 0 fully saturated rings. The number of hydrogen-bond donors (Lipinski definition) is 4. The van der Waals surface area contributed by atoms with Gasteiger partial charge in [-0.1, -0.05) is 46.2 Å². The SMILES string of the molecule is CC.CCC.CN.CNc1cccc(CC(=O)O)c1.Cn1cc(NC(=O)c2cccn2C)cc1C=O. The minimum absolute atomic E-state index is 0.0789. The molecule has 0 spiro atoms. The molecule has 200 valence electrons. The maximum absolute atomic E-state index is 11.9. The molecule has 0 saturated heterocycles. The van der Waals surface area contributed by atoms with E-state index in [1.165, 1.54) is 13.5 Å². The number of carbonyl (C=O) groups excluding carboxylic acids is 2. The third-order valence-corrected chi connectivity index (χ3v) is 4.17. The Morgan fingerprint density at radius 2 is 1.61 bits per heavy atom. The monoisotopic (exact) mass is 501 g/mol. The Balaban J connectivity index is 0. The van der Waals surface area contributed by atoms with Crippen LogP contribution in [0.1, 0.15) is 60.7 Å². The van der Waals surface area contributed by atoms with Crippen molar-refractivity contribution >= 4 is 29.5 Å². The summed E-state index contributed by atoms with van der Waals surface area (Å²) in [6, 6.07) is 12.5. The second kappa shape index (κ2) is 20.5. The maximum atomic E-state index is 11.9. The summed E-state index contributed by atoms with van der Waals surface area (Å²) < 4.78 is 3.40. The van der Waals surface area contributed by atoms with E-state index in [1.807, 2.05) is 32.0 Å². The first-order chi connectivity index (χ1) is 17.2.